The number of hydrogen-bond acceptors (Lipinski definition) is 4. The minimum atomic E-state index is 0.327. The van der Waals surface area contributed by atoms with E-state index in [4.69, 9.17) is 21.6 Å². The Morgan fingerprint density at radius 2 is 2.18 bits per heavy atom. The largest absolute Gasteiger partial charge is 0.496 e. The Kier molecular flexibility index (Phi) is 3.22. The minimum absolute atomic E-state index is 0.327. The molecule has 0 aliphatic rings. The van der Waals surface area contributed by atoms with Gasteiger partial charge in [0.25, 0.3) is 0 Å². The molecular weight excluding hydrogens is 238 g/mol. The van der Waals surface area contributed by atoms with Gasteiger partial charge in [-0.15, -0.1) is 0 Å². The van der Waals surface area contributed by atoms with Crippen LogP contribution >= 0.6 is 11.6 Å². The van der Waals surface area contributed by atoms with E-state index in [2.05, 4.69) is 16.0 Å². The molecule has 1 aromatic heterocycles. The van der Waals surface area contributed by atoms with Gasteiger partial charge >= 0.3 is 0 Å². The molecule has 0 fully saturated rings. The van der Waals surface area contributed by atoms with Gasteiger partial charge < -0.3 is 4.74 Å². The molecule has 84 valence electrons. The lowest BCUT2D eigenvalue weighted by molar-refractivity contribution is 0.416. The summed E-state index contributed by atoms with van der Waals surface area (Å²) in [5, 5.41) is 9.21. The predicted octanol–water partition coefficient (Wildman–Crippen LogP) is 2.68. The SMILES string of the molecule is COc1ccc(C#N)cc1-c1cncnc1Cl. The molecule has 1 aromatic carbocycles. The van der Waals surface area contributed by atoms with Gasteiger partial charge in [0.2, 0.25) is 0 Å². The maximum absolute atomic E-state index is 8.89. The number of ether oxygens (including phenoxy) is 1. The van der Waals surface area contributed by atoms with Crippen molar-refractivity contribution in [3.05, 3.63) is 41.4 Å². The fourth-order valence-electron chi connectivity index (χ4n) is 1.48. The maximum atomic E-state index is 8.89. The van der Waals surface area contributed by atoms with Crippen molar-refractivity contribution < 1.29 is 4.74 Å². The zero-order chi connectivity index (χ0) is 12.3. The Hall–Kier alpha value is -2.12. The van der Waals surface area contributed by atoms with Crippen molar-refractivity contribution in [1.82, 2.24) is 9.97 Å². The highest BCUT2D eigenvalue weighted by atomic mass is 35.5. The molecule has 0 aliphatic heterocycles. The highest BCUT2D eigenvalue weighted by Gasteiger charge is 2.11. The van der Waals surface area contributed by atoms with Gasteiger partial charge in [0.05, 0.1) is 18.7 Å². The molecule has 0 amide bonds. The fraction of sp³-hybridized carbons (Fsp3) is 0.0833. The summed E-state index contributed by atoms with van der Waals surface area (Å²) in [5.41, 5.74) is 1.88. The molecule has 4 nitrogen and oxygen atoms in total. The first-order valence-electron chi connectivity index (χ1n) is 4.80. The van der Waals surface area contributed by atoms with Crippen molar-refractivity contribution in [2.24, 2.45) is 0 Å². The minimum Gasteiger partial charge on any atom is -0.496 e. The van der Waals surface area contributed by atoms with Crippen molar-refractivity contribution in [2.45, 2.75) is 0 Å². The van der Waals surface area contributed by atoms with E-state index in [0.717, 1.165) is 0 Å². The van der Waals surface area contributed by atoms with Gasteiger partial charge in [-0.3, -0.25) is 0 Å². The highest BCUT2D eigenvalue weighted by Crippen LogP contribution is 2.33. The van der Waals surface area contributed by atoms with Crippen molar-refractivity contribution in [1.29, 1.82) is 5.26 Å². The Labute approximate surface area is 103 Å². The number of benzene rings is 1. The van der Waals surface area contributed by atoms with Crippen molar-refractivity contribution >= 4 is 11.6 Å². The maximum Gasteiger partial charge on any atom is 0.140 e. The first-order chi connectivity index (χ1) is 8.26. The Bertz CT molecular complexity index is 593. The van der Waals surface area contributed by atoms with Crippen LogP contribution in [-0.4, -0.2) is 17.1 Å². The van der Waals surface area contributed by atoms with E-state index >= 15 is 0 Å². The predicted molar refractivity (Wildman–Crippen MR) is 63.7 cm³/mol. The highest BCUT2D eigenvalue weighted by molar-refractivity contribution is 6.32. The molecule has 0 atom stereocenters. The number of nitriles is 1. The molecule has 17 heavy (non-hydrogen) atoms. The molecule has 5 heteroatoms. The molecule has 0 saturated heterocycles. The summed E-state index contributed by atoms with van der Waals surface area (Å²) < 4.78 is 5.23. The first kappa shape index (κ1) is 11.4. The molecule has 2 aromatic rings. The summed E-state index contributed by atoms with van der Waals surface area (Å²) in [4.78, 5) is 7.82. The summed E-state index contributed by atoms with van der Waals surface area (Å²) in [6.07, 6.45) is 2.96. The lowest BCUT2D eigenvalue weighted by Crippen LogP contribution is -1.91. The zero-order valence-corrected chi connectivity index (χ0v) is 9.77. The number of rotatable bonds is 2. The van der Waals surface area contributed by atoms with Crippen LogP contribution in [0.25, 0.3) is 11.1 Å². The average molecular weight is 246 g/mol. The average Bonchev–Trinajstić information content (AvgIpc) is 2.38. The monoisotopic (exact) mass is 245 g/mol. The molecule has 2 rings (SSSR count). The van der Waals surface area contributed by atoms with E-state index in [0.29, 0.717) is 27.6 Å². The second-order valence-corrected chi connectivity index (χ2v) is 3.61. The van der Waals surface area contributed by atoms with Gasteiger partial charge in [-0.25, -0.2) is 9.97 Å². The van der Waals surface area contributed by atoms with Gasteiger partial charge in [-0.2, -0.15) is 5.26 Å². The second kappa shape index (κ2) is 4.81. The van der Waals surface area contributed by atoms with Crippen LogP contribution in [0.4, 0.5) is 0 Å². The van der Waals surface area contributed by atoms with Crippen LogP contribution in [0.2, 0.25) is 5.15 Å². The summed E-state index contributed by atoms with van der Waals surface area (Å²) in [6.45, 7) is 0. The van der Waals surface area contributed by atoms with Gasteiger partial charge in [0, 0.05) is 17.3 Å². The lowest BCUT2D eigenvalue weighted by Gasteiger charge is -2.09. The first-order valence-corrected chi connectivity index (χ1v) is 5.18. The molecular formula is C12H8ClN3O. The van der Waals surface area contributed by atoms with E-state index in [-0.39, 0.29) is 0 Å². The molecule has 0 radical (unpaired) electrons. The van der Waals surface area contributed by atoms with Crippen LogP contribution in [0.3, 0.4) is 0 Å². The number of nitrogens with zero attached hydrogens (tertiary/aromatic N) is 3. The van der Waals surface area contributed by atoms with Gasteiger partial charge in [-0.1, -0.05) is 11.6 Å². The fourth-order valence-corrected chi connectivity index (χ4v) is 1.68. The van der Waals surface area contributed by atoms with Gasteiger partial charge in [-0.05, 0) is 18.2 Å². The topological polar surface area (TPSA) is 58.8 Å². The quantitative estimate of drug-likeness (QED) is 0.764. The van der Waals surface area contributed by atoms with Crippen LogP contribution in [0.1, 0.15) is 5.56 Å². The number of methoxy groups -OCH3 is 1. The molecule has 1 heterocycles. The van der Waals surface area contributed by atoms with Crippen molar-refractivity contribution in [3.63, 3.8) is 0 Å². The van der Waals surface area contributed by atoms with Crippen LogP contribution < -0.4 is 4.74 Å². The molecule has 0 aliphatic carbocycles. The third kappa shape index (κ3) is 2.19. The second-order valence-electron chi connectivity index (χ2n) is 3.25. The summed E-state index contributed by atoms with van der Waals surface area (Å²) in [6, 6.07) is 7.17. The number of halogens is 1. The third-order valence-electron chi connectivity index (χ3n) is 2.28. The van der Waals surface area contributed by atoms with E-state index in [1.54, 1.807) is 31.5 Å². The molecule has 0 N–H and O–H groups in total. The van der Waals surface area contributed by atoms with Crippen LogP contribution in [-0.2, 0) is 0 Å². The van der Waals surface area contributed by atoms with E-state index in [1.807, 2.05) is 0 Å². The standard InChI is InChI=1S/C12H8ClN3O/c1-17-11-3-2-8(5-14)4-9(11)10-6-15-7-16-12(10)13/h2-4,6-7H,1H3. The molecule has 0 spiro atoms. The summed E-state index contributed by atoms with van der Waals surface area (Å²) in [7, 11) is 1.56. The normalized spacial score (nSPS) is 9.71. The third-order valence-corrected chi connectivity index (χ3v) is 2.58. The number of aromatic nitrogens is 2. The lowest BCUT2D eigenvalue weighted by atomic mass is 10.1. The smallest absolute Gasteiger partial charge is 0.140 e. The molecule has 0 unspecified atom stereocenters. The van der Waals surface area contributed by atoms with Crippen LogP contribution in [0.5, 0.6) is 5.75 Å². The number of hydrogen-bond donors (Lipinski definition) is 0. The Morgan fingerprint density at radius 3 is 2.82 bits per heavy atom. The molecule has 0 bridgehead atoms. The van der Waals surface area contributed by atoms with Gasteiger partial charge in [0.15, 0.2) is 0 Å². The summed E-state index contributed by atoms with van der Waals surface area (Å²) in [5.74, 6) is 0.626. The summed E-state index contributed by atoms with van der Waals surface area (Å²) >= 11 is 5.99. The van der Waals surface area contributed by atoms with Gasteiger partial charge in [0.1, 0.15) is 17.2 Å². The van der Waals surface area contributed by atoms with Crippen molar-refractivity contribution in [2.75, 3.05) is 7.11 Å². The Balaban J connectivity index is 2.65. The van der Waals surface area contributed by atoms with E-state index in [9.17, 15) is 0 Å². The van der Waals surface area contributed by atoms with E-state index < -0.39 is 0 Å². The van der Waals surface area contributed by atoms with Crippen LogP contribution in [0, 0.1) is 11.3 Å². The Morgan fingerprint density at radius 1 is 1.35 bits per heavy atom. The van der Waals surface area contributed by atoms with Crippen molar-refractivity contribution in [3.8, 4) is 22.9 Å². The van der Waals surface area contributed by atoms with Crippen LogP contribution in [0.15, 0.2) is 30.7 Å². The molecule has 0 saturated carbocycles. The van der Waals surface area contributed by atoms with E-state index in [1.165, 1.54) is 6.33 Å². The zero-order valence-electron chi connectivity index (χ0n) is 9.01.